The molecule has 33 heavy (non-hydrogen) atoms. The summed E-state index contributed by atoms with van der Waals surface area (Å²) in [6.45, 7) is 4.08. The third-order valence-corrected chi connectivity index (χ3v) is 7.57. The van der Waals surface area contributed by atoms with Crippen LogP contribution < -0.4 is 4.72 Å². The fourth-order valence-electron chi connectivity index (χ4n) is 3.72. The molecular formula is C25H25N3O3S2. The number of benzene rings is 3. The van der Waals surface area contributed by atoms with E-state index in [1.54, 1.807) is 12.1 Å². The number of aryl methyl sites for hydroxylation is 1. The van der Waals surface area contributed by atoms with Crippen molar-refractivity contribution in [2.75, 3.05) is 0 Å². The van der Waals surface area contributed by atoms with E-state index in [1.165, 1.54) is 12.1 Å². The average molecular weight is 480 g/mol. The summed E-state index contributed by atoms with van der Waals surface area (Å²) in [5.41, 5.74) is 4.28. The maximum Gasteiger partial charge on any atom is 0.264 e. The van der Waals surface area contributed by atoms with Gasteiger partial charge in [-0.2, -0.15) is 8.75 Å². The lowest BCUT2D eigenvalue weighted by molar-refractivity contribution is -0.120. The predicted octanol–water partition coefficient (Wildman–Crippen LogP) is 5.04. The summed E-state index contributed by atoms with van der Waals surface area (Å²) in [5.74, 6) is -0.920. The van der Waals surface area contributed by atoms with Gasteiger partial charge in [0.1, 0.15) is 11.0 Å². The van der Waals surface area contributed by atoms with Crippen LogP contribution in [0.5, 0.6) is 0 Å². The van der Waals surface area contributed by atoms with Crippen LogP contribution >= 0.6 is 11.7 Å². The monoisotopic (exact) mass is 479 g/mol. The highest BCUT2D eigenvalue weighted by Crippen LogP contribution is 2.26. The quantitative estimate of drug-likeness (QED) is 0.383. The van der Waals surface area contributed by atoms with E-state index in [0.29, 0.717) is 23.9 Å². The van der Waals surface area contributed by atoms with Gasteiger partial charge in [-0.3, -0.25) is 4.79 Å². The van der Waals surface area contributed by atoms with Gasteiger partial charge in [-0.1, -0.05) is 62.4 Å². The zero-order valence-electron chi connectivity index (χ0n) is 18.4. The molecule has 8 heteroatoms. The third kappa shape index (κ3) is 5.46. The topological polar surface area (TPSA) is 89.0 Å². The van der Waals surface area contributed by atoms with Crippen molar-refractivity contribution < 1.29 is 13.2 Å². The molecule has 0 fully saturated rings. The van der Waals surface area contributed by atoms with Crippen LogP contribution in [0.15, 0.2) is 77.7 Å². The Balaban J connectivity index is 1.60. The van der Waals surface area contributed by atoms with Gasteiger partial charge >= 0.3 is 0 Å². The molecule has 6 nitrogen and oxygen atoms in total. The van der Waals surface area contributed by atoms with E-state index in [0.717, 1.165) is 28.4 Å². The zero-order valence-corrected chi connectivity index (χ0v) is 20.1. The number of aromatic nitrogens is 2. The lowest BCUT2D eigenvalue weighted by Gasteiger charge is -2.18. The Morgan fingerprint density at radius 1 is 0.909 bits per heavy atom. The van der Waals surface area contributed by atoms with Gasteiger partial charge in [0.05, 0.1) is 22.5 Å². The normalized spacial score (nSPS) is 12.7. The van der Waals surface area contributed by atoms with E-state index in [-0.39, 0.29) is 10.8 Å². The fraction of sp³-hybridized carbons (Fsp3) is 0.240. The number of nitrogens with one attached hydrogen (secondary N) is 1. The summed E-state index contributed by atoms with van der Waals surface area (Å²) < 4.78 is 36.7. The van der Waals surface area contributed by atoms with Gasteiger partial charge < -0.3 is 0 Å². The minimum Gasteiger partial charge on any atom is -0.273 e. The highest BCUT2D eigenvalue weighted by molar-refractivity contribution is 7.90. The Labute approximate surface area is 198 Å². The number of amides is 1. The molecule has 170 valence electrons. The van der Waals surface area contributed by atoms with Crippen LogP contribution in [0.3, 0.4) is 0 Å². The molecule has 0 saturated heterocycles. The molecular weight excluding hydrogens is 454 g/mol. The third-order valence-electron chi connectivity index (χ3n) is 5.65. The van der Waals surface area contributed by atoms with E-state index >= 15 is 0 Å². The first-order valence-corrected chi connectivity index (χ1v) is 13.0. The number of sulfonamides is 1. The summed E-state index contributed by atoms with van der Waals surface area (Å²) in [7, 11) is -4.00. The lowest BCUT2D eigenvalue weighted by Crippen LogP contribution is -2.35. The first-order valence-electron chi connectivity index (χ1n) is 10.8. The van der Waals surface area contributed by atoms with E-state index in [9.17, 15) is 13.2 Å². The van der Waals surface area contributed by atoms with Gasteiger partial charge in [0, 0.05) is 0 Å². The van der Waals surface area contributed by atoms with Crippen molar-refractivity contribution in [3.63, 3.8) is 0 Å². The Morgan fingerprint density at radius 2 is 1.58 bits per heavy atom. The van der Waals surface area contributed by atoms with Crippen molar-refractivity contribution in [3.05, 3.63) is 89.5 Å². The number of carbonyl (C=O) groups is 1. The van der Waals surface area contributed by atoms with Crippen molar-refractivity contribution in [1.82, 2.24) is 13.5 Å². The molecule has 0 spiro atoms. The van der Waals surface area contributed by atoms with E-state index in [1.807, 2.05) is 62.4 Å². The minimum atomic E-state index is -4.00. The molecule has 3 aromatic carbocycles. The molecule has 0 aliphatic heterocycles. The van der Waals surface area contributed by atoms with Gasteiger partial charge in [-0.05, 0) is 59.7 Å². The first kappa shape index (κ1) is 23.1. The van der Waals surface area contributed by atoms with Crippen LogP contribution in [0.4, 0.5) is 0 Å². The van der Waals surface area contributed by atoms with Crippen molar-refractivity contribution in [3.8, 4) is 0 Å². The average Bonchev–Trinajstić information content (AvgIpc) is 3.28. The second-order valence-corrected chi connectivity index (χ2v) is 10.5. The number of hydrogen-bond acceptors (Lipinski definition) is 6. The molecule has 4 rings (SSSR count). The molecule has 0 aliphatic rings. The van der Waals surface area contributed by atoms with Crippen LogP contribution in [0.1, 0.15) is 48.8 Å². The zero-order chi connectivity index (χ0) is 23.4. The molecule has 1 aromatic heterocycles. The van der Waals surface area contributed by atoms with E-state index < -0.39 is 21.8 Å². The number of nitrogens with zero attached hydrogens (tertiary/aromatic N) is 2. The number of fused-ring (bicyclic) bond motifs is 1. The molecule has 4 aromatic rings. The van der Waals surface area contributed by atoms with Gasteiger partial charge in [0.15, 0.2) is 0 Å². The minimum absolute atomic E-state index is 0.0706. The van der Waals surface area contributed by atoms with Crippen molar-refractivity contribution in [2.45, 2.75) is 43.4 Å². The fourth-order valence-corrected chi connectivity index (χ4v) is 5.25. The van der Waals surface area contributed by atoms with Gasteiger partial charge in [0.25, 0.3) is 10.0 Å². The Morgan fingerprint density at radius 3 is 2.27 bits per heavy atom. The van der Waals surface area contributed by atoms with Crippen LogP contribution in [0, 0.1) is 0 Å². The maximum atomic E-state index is 13.3. The molecule has 1 atom stereocenters. The standard InChI is InChI=1S/C25H25N3O3S2/c1-17(2)19-9-12-21(13-10-19)33(30,31)28-25(29)22(14-8-18-6-4-3-5-7-18)20-11-15-23-24(16-20)27-32-26-23/h3-7,9-13,15-17,22H,8,14H2,1-2H3,(H,28,29). The maximum absolute atomic E-state index is 13.3. The molecule has 0 saturated carbocycles. The van der Waals surface area contributed by atoms with Gasteiger partial charge in [-0.15, -0.1) is 0 Å². The predicted molar refractivity (Wildman–Crippen MR) is 131 cm³/mol. The van der Waals surface area contributed by atoms with Crippen LogP contribution in [-0.2, 0) is 21.2 Å². The summed E-state index contributed by atoms with van der Waals surface area (Å²) in [6.07, 6.45) is 1.09. The molecule has 1 heterocycles. The Hall–Kier alpha value is -3.10. The van der Waals surface area contributed by atoms with E-state index in [4.69, 9.17) is 0 Å². The number of rotatable bonds is 8. The summed E-state index contributed by atoms with van der Waals surface area (Å²) >= 11 is 1.11. The number of carbonyl (C=O) groups excluding carboxylic acids is 1. The largest absolute Gasteiger partial charge is 0.273 e. The number of hydrogen-bond donors (Lipinski definition) is 1. The van der Waals surface area contributed by atoms with Gasteiger partial charge in [0.2, 0.25) is 5.91 Å². The molecule has 1 N–H and O–H groups in total. The van der Waals surface area contributed by atoms with Crippen molar-refractivity contribution in [2.24, 2.45) is 0 Å². The highest BCUT2D eigenvalue weighted by Gasteiger charge is 2.26. The van der Waals surface area contributed by atoms with Crippen molar-refractivity contribution in [1.29, 1.82) is 0 Å². The summed E-state index contributed by atoms with van der Waals surface area (Å²) in [6, 6.07) is 21.9. The molecule has 1 amide bonds. The van der Waals surface area contributed by atoms with Crippen molar-refractivity contribution >= 4 is 38.7 Å². The molecule has 0 aliphatic carbocycles. The smallest absolute Gasteiger partial charge is 0.264 e. The Kier molecular flexibility index (Phi) is 6.85. The van der Waals surface area contributed by atoms with Crippen LogP contribution in [-0.4, -0.2) is 23.1 Å². The highest BCUT2D eigenvalue weighted by atomic mass is 32.2. The second kappa shape index (κ2) is 9.80. The van der Waals surface area contributed by atoms with Crippen LogP contribution in [0.2, 0.25) is 0 Å². The SMILES string of the molecule is CC(C)c1ccc(S(=O)(=O)NC(=O)C(CCc2ccccc2)c2ccc3nsnc3c2)cc1. The lowest BCUT2D eigenvalue weighted by atomic mass is 9.91. The molecule has 0 bridgehead atoms. The molecule has 1 unspecified atom stereocenters. The Bertz CT molecular complexity index is 1350. The van der Waals surface area contributed by atoms with Gasteiger partial charge in [-0.25, -0.2) is 13.1 Å². The first-order chi connectivity index (χ1) is 15.8. The second-order valence-electron chi connectivity index (χ2n) is 8.28. The summed E-state index contributed by atoms with van der Waals surface area (Å²) in [4.78, 5) is 13.4. The summed E-state index contributed by atoms with van der Waals surface area (Å²) in [5, 5.41) is 0. The van der Waals surface area contributed by atoms with E-state index in [2.05, 4.69) is 13.5 Å². The van der Waals surface area contributed by atoms with Crippen LogP contribution in [0.25, 0.3) is 11.0 Å². The molecule has 0 radical (unpaired) electrons.